The van der Waals surface area contributed by atoms with Gasteiger partial charge in [0.25, 0.3) is 0 Å². The summed E-state index contributed by atoms with van der Waals surface area (Å²) in [6, 6.07) is 4.86. The van der Waals surface area contributed by atoms with Crippen molar-refractivity contribution in [3.8, 4) is 0 Å². The molecule has 2 rings (SSSR count). The van der Waals surface area contributed by atoms with Crippen LogP contribution >= 0.6 is 11.3 Å². The zero-order valence-electron chi connectivity index (χ0n) is 7.40. The molecule has 1 aromatic carbocycles. The summed E-state index contributed by atoms with van der Waals surface area (Å²) in [5, 5.41) is 12.1. The summed E-state index contributed by atoms with van der Waals surface area (Å²) in [7, 11) is 0. The summed E-state index contributed by atoms with van der Waals surface area (Å²) in [6.45, 7) is 3.51. The minimum absolute atomic E-state index is 0.241. The van der Waals surface area contributed by atoms with Crippen LogP contribution in [0.4, 0.5) is 4.39 Å². The van der Waals surface area contributed by atoms with E-state index in [-0.39, 0.29) is 5.82 Å². The number of halogens is 1. The predicted octanol–water partition coefficient (Wildman–Crippen LogP) is 3.26. The van der Waals surface area contributed by atoms with Crippen LogP contribution in [-0.2, 0) is 0 Å². The number of aliphatic hydroxyl groups excluding tert-OH is 1. The van der Waals surface area contributed by atoms with Crippen molar-refractivity contribution in [2.24, 2.45) is 0 Å². The molecular formula is C11H9FOS. The average molecular weight is 208 g/mol. The fourth-order valence-corrected chi connectivity index (χ4v) is 2.40. The molecule has 1 N–H and O–H groups in total. The Balaban J connectivity index is 2.69. The smallest absolute Gasteiger partial charge is 0.140 e. The van der Waals surface area contributed by atoms with Gasteiger partial charge in [0, 0.05) is 10.9 Å². The predicted molar refractivity (Wildman–Crippen MR) is 56.9 cm³/mol. The molecule has 0 aliphatic heterocycles. The zero-order chi connectivity index (χ0) is 10.1. The van der Waals surface area contributed by atoms with Gasteiger partial charge >= 0.3 is 0 Å². The first kappa shape index (κ1) is 9.37. The first-order valence-electron chi connectivity index (χ1n) is 4.20. The van der Waals surface area contributed by atoms with Crippen LogP contribution in [0.2, 0.25) is 0 Å². The molecule has 0 bridgehead atoms. The Morgan fingerprint density at radius 1 is 1.50 bits per heavy atom. The Morgan fingerprint density at radius 3 is 3.00 bits per heavy atom. The molecule has 0 fully saturated rings. The van der Waals surface area contributed by atoms with E-state index in [4.69, 9.17) is 0 Å². The summed E-state index contributed by atoms with van der Waals surface area (Å²) in [5.41, 5.74) is 0.722. The van der Waals surface area contributed by atoms with Gasteiger partial charge in [-0.05, 0) is 11.4 Å². The van der Waals surface area contributed by atoms with Crippen LogP contribution in [0.3, 0.4) is 0 Å². The maximum atomic E-state index is 13.3. The maximum absolute atomic E-state index is 13.3. The fourth-order valence-electron chi connectivity index (χ4n) is 1.40. The normalized spacial score (nSPS) is 13.0. The SMILES string of the molecule is C=CC(O)c1csc2c(F)cccc12. The highest BCUT2D eigenvalue weighted by molar-refractivity contribution is 7.17. The summed E-state index contributed by atoms with van der Waals surface area (Å²) < 4.78 is 13.9. The standard InChI is InChI=1S/C11H9FOS/c1-2-10(13)8-6-14-11-7(8)4-3-5-9(11)12/h2-6,10,13H,1H2. The number of rotatable bonds is 2. The Hall–Kier alpha value is -1.19. The third kappa shape index (κ3) is 1.35. The second-order valence-corrected chi connectivity index (χ2v) is 3.87. The van der Waals surface area contributed by atoms with Crippen molar-refractivity contribution in [1.82, 2.24) is 0 Å². The number of hydrogen-bond acceptors (Lipinski definition) is 2. The molecule has 1 aromatic heterocycles. The summed E-state index contributed by atoms with van der Waals surface area (Å²) >= 11 is 1.30. The molecule has 14 heavy (non-hydrogen) atoms. The van der Waals surface area contributed by atoms with Gasteiger partial charge in [-0.15, -0.1) is 17.9 Å². The monoisotopic (exact) mass is 208 g/mol. The van der Waals surface area contributed by atoms with Gasteiger partial charge in [0.2, 0.25) is 0 Å². The topological polar surface area (TPSA) is 20.2 Å². The average Bonchev–Trinajstić information content (AvgIpc) is 2.62. The molecular weight excluding hydrogens is 199 g/mol. The van der Waals surface area contributed by atoms with E-state index in [0.29, 0.717) is 4.70 Å². The van der Waals surface area contributed by atoms with Gasteiger partial charge in [0.05, 0.1) is 10.8 Å². The second kappa shape index (κ2) is 3.52. The first-order valence-corrected chi connectivity index (χ1v) is 5.08. The molecule has 2 aromatic rings. The molecule has 0 radical (unpaired) electrons. The minimum atomic E-state index is -0.717. The van der Waals surface area contributed by atoms with Gasteiger partial charge in [-0.2, -0.15) is 0 Å². The molecule has 0 aliphatic rings. The lowest BCUT2D eigenvalue weighted by Crippen LogP contribution is -1.89. The van der Waals surface area contributed by atoms with Crippen molar-refractivity contribution in [2.45, 2.75) is 6.10 Å². The number of fused-ring (bicyclic) bond motifs is 1. The van der Waals surface area contributed by atoms with E-state index in [1.165, 1.54) is 23.5 Å². The van der Waals surface area contributed by atoms with Gasteiger partial charge in [0.15, 0.2) is 0 Å². The van der Waals surface area contributed by atoms with Crippen LogP contribution in [0.5, 0.6) is 0 Å². The van der Waals surface area contributed by atoms with Crippen LogP contribution in [0.15, 0.2) is 36.2 Å². The number of aliphatic hydroxyl groups is 1. The third-order valence-electron chi connectivity index (χ3n) is 2.12. The van der Waals surface area contributed by atoms with E-state index in [2.05, 4.69) is 6.58 Å². The lowest BCUT2D eigenvalue weighted by molar-refractivity contribution is 0.231. The molecule has 72 valence electrons. The van der Waals surface area contributed by atoms with E-state index < -0.39 is 6.10 Å². The van der Waals surface area contributed by atoms with Crippen LogP contribution in [-0.4, -0.2) is 5.11 Å². The largest absolute Gasteiger partial charge is 0.384 e. The lowest BCUT2D eigenvalue weighted by Gasteiger charge is -2.02. The Morgan fingerprint density at radius 2 is 2.29 bits per heavy atom. The molecule has 1 nitrogen and oxygen atoms in total. The van der Waals surface area contributed by atoms with Crippen molar-refractivity contribution < 1.29 is 9.50 Å². The molecule has 0 aliphatic carbocycles. The Kier molecular flexibility index (Phi) is 2.35. The first-order chi connectivity index (χ1) is 6.74. The molecule has 0 saturated carbocycles. The lowest BCUT2D eigenvalue weighted by atomic mass is 10.1. The van der Waals surface area contributed by atoms with Gasteiger partial charge in [-0.3, -0.25) is 0 Å². The maximum Gasteiger partial charge on any atom is 0.140 e. The van der Waals surface area contributed by atoms with Gasteiger partial charge in [0.1, 0.15) is 5.82 Å². The molecule has 0 spiro atoms. The highest BCUT2D eigenvalue weighted by Gasteiger charge is 2.11. The zero-order valence-corrected chi connectivity index (χ0v) is 8.22. The third-order valence-corrected chi connectivity index (χ3v) is 3.15. The van der Waals surface area contributed by atoms with Crippen molar-refractivity contribution in [1.29, 1.82) is 0 Å². The van der Waals surface area contributed by atoms with Gasteiger partial charge in [-0.25, -0.2) is 4.39 Å². The van der Waals surface area contributed by atoms with Gasteiger partial charge in [-0.1, -0.05) is 18.2 Å². The molecule has 0 amide bonds. The van der Waals surface area contributed by atoms with E-state index in [9.17, 15) is 9.50 Å². The van der Waals surface area contributed by atoms with Crippen molar-refractivity contribution in [3.05, 3.63) is 47.6 Å². The Bertz CT molecular complexity index is 475. The summed E-state index contributed by atoms with van der Waals surface area (Å²) in [5.74, 6) is -0.241. The van der Waals surface area contributed by atoms with Gasteiger partial charge < -0.3 is 5.11 Å². The molecule has 1 atom stereocenters. The summed E-state index contributed by atoms with van der Waals surface area (Å²) in [4.78, 5) is 0. The molecule has 1 unspecified atom stereocenters. The van der Waals surface area contributed by atoms with Crippen LogP contribution in [0.25, 0.3) is 10.1 Å². The van der Waals surface area contributed by atoms with Crippen molar-refractivity contribution in [2.75, 3.05) is 0 Å². The second-order valence-electron chi connectivity index (χ2n) is 2.99. The molecule has 0 saturated heterocycles. The van der Waals surface area contributed by atoms with Crippen molar-refractivity contribution >= 4 is 21.4 Å². The number of benzene rings is 1. The number of thiophene rings is 1. The number of hydrogen-bond donors (Lipinski definition) is 1. The molecule has 1 heterocycles. The quantitative estimate of drug-likeness (QED) is 0.751. The fraction of sp³-hybridized carbons (Fsp3) is 0.0909. The van der Waals surface area contributed by atoms with E-state index in [0.717, 1.165) is 10.9 Å². The highest BCUT2D eigenvalue weighted by Crippen LogP contribution is 2.32. The van der Waals surface area contributed by atoms with E-state index in [1.807, 2.05) is 0 Å². The van der Waals surface area contributed by atoms with E-state index in [1.54, 1.807) is 17.5 Å². The van der Waals surface area contributed by atoms with Crippen LogP contribution < -0.4 is 0 Å². The summed E-state index contributed by atoms with van der Waals surface area (Å²) in [6.07, 6.45) is 0.720. The van der Waals surface area contributed by atoms with E-state index >= 15 is 0 Å². The Labute approximate surface area is 85.1 Å². The van der Waals surface area contributed by atoms with Crippen LogP contribution in [0.1, 0.15) is 11.7 Å². The minimum Gasteiger partial charge on any atom is -0.384 e. The highest BCUT2D eigenvalue weighted by atomic mass is 32.1. The molecule has 3 heteroatoms. The van der Waals surface area contributed by atoms with Crippen LogP contribution in [0, 0.1) is 5.82 Å². The van der Waals surface area contributed by atoms with Crippen molar-refractivity contribution in [3.63, 3.8) is 0 Å².